The van der Waals surface area contributed by atoms with Gasteiger partial charge in [0.1, 0.15) is 0 Å². The Balaban J connectivity index is 1.96. The molecule has 0 saturated carbocycles. The fraction of sp³-hybridized carbons (Fsp3) is 0.267. The van der Waals surface area contributed by atoms with E-state index in [1.54, 1.807) is 17.0 Å². The van der Waals surface area contributed by atoms with E-state index in [1.165, 1.54) is 6.08 Å². The van der Waals surface area contributed by atoms with Crippen molar-refractivity contribution in [3.05, 3.63) is 53.1 Å². The van der Waals surface area contributed by atoms with E-state index in [1.807, 2.05) is 39.1 Å². The lowest BCUT2D eigenvalue weighted by Gasteiger charge is -2.01. The molecular formula is C15H18N4O. The largest absolute Gasteiger partial charge is 0.347 e. The van der Waals surface area contributed by atoms with Crippen molar-refractivity contribution < 1.29 is 4.79 Å². The predicted molar refractivity (Wildman–Crippen MR) is 77.8 cm³/mol. The van der Waals surface area contributed by atoms with E-state index in [0.29, 0.717) is 6.54 Å². The third-order valence-corrected chi connectivity index (χ3v) is 3.14. The second-order valence-corrected chi connectivity index (χ2v) is 4.58. The Morgan fingerprint density at radius 1 is 1.40 bits per heavy atom. The van der Waals surface area contributed by atoms with Gasteiger partial charge in [0.05, 0.1) is 17.9 Å². The maximum Gasteiger partial charge on any atom is 0.244 e. The van der Waals surface area contributed by atoms with Crippen molar-refractivity contribution in [2.45, 2.75) is 20.4 Å². The molecule has 104 valence electrons. The molecule has 0 spiro atoms. The summed E-state index contributed by atoms with van der Waals surface area (Å²) in [5, 5.41) is 7.11. The monoisotopic (exact) mass is 270 g/mol. The van der Waals surface area contributed by atoms with Crippen LogP contribution < -0.4 is 5.32 Å². The first-order chi connectivity index (χ1) is 9.58. The zero-order chi connectivity index (χ0) is 14.5. The highest BCUT2D eigenvalue weighted by Gasteiger charge is 2.06. The molecule has 0 aliphatic heterocycles. The number of carbonyl (C=O) groups excluding carboxylic acids is 1. The van der Waals surface area contributed by atoms with Crippen LogP contribution in [-0.2, 0) is 18.4 Å². The molecular weight excluding hydrogens is 252 g/mol. The number of aryl methyl sites for hydroxylation is 2. The third kappa shape index (κ3) is 3.32. The molecule has 0 aromatic carbocycles. The Bertz CT molecular complexity index is 629. The Kier molecular flexibility index (Phi) is 4.30. The molecule has 2 heterocycles. The van der Waals surface area contributed by atoms with Gasteiger partial charge in [0, 0.05) is 30.6 Å². The van der Waals surface area contributed by atoms with Gasteiger partial charge in [-0.3, -0.25) is 14.5 Å². The number of nitrogens with one attached hydrogen (secondary N) is 1. The third-order valence-electron chi connectivity index (χ3n) is 3.14. The molecule has 2 aromatic rings. The molecule has 0 atom stereocenters. The number of hydrogen-bond donors (Lipinski definition) is 1. The number of carbonyl (C=O) groups is 1. The van der Waals surface area contributed by atoms with Gasteiger partial charge in [0.2, 0.25) is 5.91 Å². The number of hydrogen-bond acceptors (Lipinski definition) is 3. The molecule has 0 aliphatic rings. The highest BCUT2D eigenvalue weighted by molar-refractivity contribution is 5.91. The van der Waals surface area contributed by atoms with E-state index < -0.39 is 0 Å². The quantitative estimate of drug-likeness (QED) is 0.861. The SMILES string of the molecule is Cc1nn(C)c(C)c1C=CC(=O)NCc1ccccn1. The molecule has 20 heavy (non-hydrogen) atoms. The smallest absolute Gasteiger partial charge is 0.244 e. The number of aromatic nitrogens is 3. The molecule has 5 nitrogen and oxygen atoms in total. The Hall–Kier alpha value is -2.43. The van der Waals surface area contributed by atoms with Gasteiger partial charge >= 0.3 is 0 Å². The van der Waals surface area contributed by atoms with Crippen LogP contribution in [0.1, 0.15) is 22.6 Å². The van der Waals surface area contributed by atoms with Crippen LogP contribution >= 0.6 is 0 Å². The van der Waals surface area contributed by atoms with Crippen LogP contribution in [0, 0.1) is 13.8 Å². The maximum absolute atomic E-state index is 11.8. The number of rotatable bonds is 4. The van der Waals surface area contributed by atoms with Gasteiger partial charge in [-0.25, -0.2) is 0 Å². The summed E-state index contributed by atoms with van der Waals surface area (Å²) >= 11 is 0. The molecule has 1 amide bonds. The van der Waals surface area contributed by atoms with E-state index in [4.69, 9.17) is 0 Å². The van der Waals surface area contributed by atoms with Crippen molar-refractivity contribution in [3.8, 4) is 0 Å². The molecule has 2 aromatic heterocycles. The molecule has 2 rings (SSSR count). The molecule has 0 radical (unpaired) electrons. The molecule has 0 bridgehead atoms. The average Bonchev–Trinajstić information content (AvgIpc) is 2.69. The van der Waals surface area contributed by atoms with Gasteiger partial charge in [-0.05, 0) is 32.1 Å². The van der Waals surface area contributed by atoms with E-state index in [2.05, 4.69) is 15.4 Å². The van der Waals surface area contributed by atoms with Crippen molar-refractivity contribution in [2.24, 2.45) is 7.05 Å². The first kappa shape index (κ1) is 14.0. The van der Waals surface area contributed by atoms with E-state index in [-0.39, 0.29) is 5.91 Å². The maximum atomic E-state index is 11.8. The minimum Gasteiger partial charge on any atom is -0.347 e. The average molecular weight is 270 g/mol. The van der Waals surface area contributed by atoms with Crippen LogP contribution in [0.4, 0.5) is 0 Å². The molecule has 0 aliphatic carbocycles. The Morgan fingerprint density at radius 2 is 2.20 bits per heavy atom. The van der Waals surface area contributed by atoms with Crippen molar-refractivity contribution >= 4 is 12.0 Å². The van der Waals surface area contributed by atoms with Crippen LogP contribution in [0.25, 0.3) is 6.08 Å². The molecule has 0 fully saturated rings. The van der Waals surface area contributed by atoms with Crippen molar-refractivity contribution in [1.82, 2.24) is 20.1 Å². The second kappa shape index (κ2) is 6.14. The molecule has 0 saturated heterocycles. The van der Waals surface area contributed by atoms with Gasteiger partial charge in [0.15, 0.2) is 0 Å². The van der Waals surface area contributed by atoms with Crippen LogP contribution in [0.2, 0.25) is 0 Å². The van der Waals surface area contributed by atoms with Gasteiger partial charge in [-0.15, -0.1) is 0 Å². The summed E-state index contributed by atoms with van der Waals surface area (Å²) in [6, 6.07) is 5.62. The first-order valence-electron chi connectivity index (χ1n) is 6.44. The Morgan fingerprint density at radius 3 is 2.80 bits per heavy atom. The van der Waals surface area contributed by atoms with E-state index in [9.17, 15) is 4.79 Å². The highest BCUT2D eigenvalue weighted by Crippen LogP contribution is 2.13. The van der Waals surface area contributed by atoms with Gasteiger partial charge < -0.3 is 5.32 Å². The lowest BCUT2D eigenvalue weighted by Crippen LogP contribution is -2.20. The number of pyridine rings is 1. The topological polar surface area (TPSA) is 59.8 Å². The predicted octanol–water partition coefficient (Wildman–Crippen LogP) is 1.76. The minimum atomic E-state index is -0.140. The minimum absolute atomic E-state index is 0.140. The summed E-state index contributed by atoms with van der Waals surface area (Å²) < 4.78 is 1.81. The lowest BCUT2D eigenvalue weighted by atomic mass is 10.2. The van der Waals surface area contributed by atoms with E-state index >= 15 is 0 Å². The van der Waals surface area contributed by atoms with Crippen LogP contribution in [-0.4, -0.2) is 20.7 Å². The van der Waals surface area contributed by atoms with Crippen molar-refractivity contribution in [3.63, 3.8) is 0 Å². The summed E-state index contributed by atoms with van der Waals surface area (Å²) in [4.78, 5) is 15.9. The molecule has 1 N–H and O–H groups in total. The van der Waals surface area contributed by atoms with Crippen molar-refractivity contribution in [1.29, 1.82) is 0 Å². The normalized spacial score (nSPS) is 10.9. The second-order valence-electron chi connectivity index (χ2n) is 4.58. The summed E-state index contributed by atoms with van der Waals surface area (Å²) in [7, 11) is 1.89. The lowest BCUT2D eigenvalue weighted by molar-refractivity contribution is -0.116. The zero-order valence-electron chi connectivity index (χ0n) is 11.9. The summed E-state index contributed by atoms with van der Waals surface area (Å²) in [5.41, 5.74) is 3.78. The Labute approximate surface area is 118 Å². The zero-order valence-corrected chi connectivity index (χ0v) is 11.9. The first-order valence-corrected chi connectivity index (χ1v) is 6.44. The summed E-state index contributed by atoms with van der Waals surface area (Å²) in [6.45, 7) is 4.33. The fourth-order valence-electron chi connectivity index (χ4n) is 1.93. The van der Waals surface area contributed by atoms with Crippen LogP contribution in [0.5, 0.6) is 0 Å². The molecule has 5 heteroatoms. The highest BCUT2D eigenvalue weighted by atomic mass is 16.1. The van der Waals surface area contributed by atoms with Gasteiger partial charge in [0.25, 0.3) is 0 Å². The van der Waals surface area contributed by atoms with Gasteiger partial charge in [-0.1, -0.05) is 6.07 Å². The number of nitrogens with zero attached hydrogens (tertiary/aromatic N) is 3. The van der Waals surface area contributed by atoms with Crippen molar-refractivity contribution in [2.75, 3.05) is 0 Å². The molecule has 0 unspecified atom stereocenters. The standard InChI is InChI=1S/C15H18N4O/c1-11-14(12(2)19(3)18-11)7-8-15(20)17-10-13-6-4-5-9-16-13/h4-9H,10H2,1-3H3,(H,17,20). The van der Waals surface area contributed by atoms with E-state index in [0.717, 1.165) is 22.6 Å². The number of amides is 1. The fourth-order valence-corrected chi connectivity index (χ4v) is 1.93. The van der Waals surface area contributed by atoms with Gasteiger partial charge in [-0.2, -0.15) is 5.10 Å². The summed E-state index contributed by atoms with van der Waals surface area (Å²) in [6.07, 6.45) is 5.03. The van der Waals surface area contributed by atoms with Crippen LogP contribution in [0.15, 0.2) is 30.5 Å². The summed E-state index contributed by atoms with van der Waals surface area (Å²) in [5.74, 6) is -0.140. The van der Waals surface area contributed by atoms with Crippen LogP contribution in [0.3, 0.4) is 0 Å².